The van der Waals surface area contributed by atoms with Gasteiger partial charge in [-0.25, -0.2) is 9.79 Å². The Balaban J connectivity index is 2.20. The van der Waals surface area contributed by atoms with E-state index in [0.717, 1.165) is 5.56 Å². The highest BCUT2D eigenvalue weighted by Crippen LogP contribution is 2.15. The van der Waals surface area contributed by atoms with E-state index in [4.69, 9.17) is 4.74 Å². The zero-order valence-electron chi connectivity index (χ0n) is 9.88. The molecule has 0 saturated carbocycles. The van der Waals surface area contributed by atoms with E-state index in [-0.39, 0.29) is 5.97 Å². The molecular weight excluding hydrogens is 216 g/mol. The largest absolute Gasteiger partial charge is 0.402 e. The number of hydrogen-bond donors (Lipinski definition) is 0. The minimum atomic E-state index is -0.384. The Morgan fingerprint density at radius 1 is 1.29 bits per heavy atom. The van der Waals surface area contributed by atoms with Gasteiger partial charge >= 0.3 is 5.97 Å². The average molecular weight is 230 g/mol. The van der Waals surface area contributed by atoms with Gasteiger partial charge in [-0.2, -0.15) is 0 Å². The van der Waals surface area contributed by atoms with E-state index in [0.29, 0.717) is 18.1 Å². The molecule has 0 fully saturated rings. The molecule has 0 radical (unpaired) electrons. The van der Waals surface area contributed by atoms with Crippen molar-refractivity contribution in [3.8, 4) is 0 Å². The SMILES string of the molecule is CN(C)CC=C1N=C(c2ccccc2)OC1=O. The molecule has 4 nitrogen and oxygen atoms in total. The quantitative estimate of drug-likeness (QED) is 0.582. The number of aliphatic imine (C=N–C) groups is 1. The topological polar surface area (TPSA) is 41.9 Å². The zero-order valence-corrected chi connectivity index (χ0v) is 9.88. The number of ether oxygens (including phenoxy) is 1. The van der Waals surface area contributed by atoms with E-state index in [1.165, 1.54) is 0 Å². The molecule has 0 atom stereocenters. The van der Waals surface area contributed by atoms with Crippen LogP contribution < -0.4 is 0 Å². The van der Waals surface area contributed by atoms with Crippen molar-refractivity contribution in [2.45, 2.75) is 0 Å². The van der Waals surface area contributed by atoms with Crippen LogP contribution >= 0.6 is 0 Å². The Morgan fingerprint density at radius 2 is 2.00 bits per heavy atom. The molecule has 1 heterocycles. The summed E-state index contributed by atoms with van der Waals surface area (Å²) in [6.45, 7) is 0.663. The number of carbonyl (C=O) groups excluding carboxylic acids is 1. The molecule has 1 aliphatic rings. The van der Waals surface area contributed by atoms with Gasteiger partial charge in [0.15, 0.2) is 0 Å². The third kappa shape index (κ3) is 2.79. The number of rotatable bonds is 3. The molecule has 2 rings (SSSR count). The lowest BCUT2D eigenvalue weighted by molar-refractivity contribution is -0.130. The second-order valence-electron chi connectivity index (χ2n) is 4.02. The summed E-state index contributed by atoms with van der Waals surface area (Å²) < 4.78 is 5.12. The standard InChI is InChI=1S/C13H14N2O2/c1-15(2)9-8-11-13(16)17-12(14-11)10-6-4-3-5-7-10/h3-8H,9H2,1-2H3. The van der Waals surface area contributed by atoms with Crippen molar-refractivity contribution in [3.05, 3.63) is 47.7 Å². The van der Waals surface area contributed by atoms with Gasteiger partial charge in [0.25, 0.3) is 0 Å². The fourth-order valence-electron chi connectivity index (χ4n) is 1.42. The molecule has 0 aliphatic carbocycles. The first kappa shape index (κ1) is 11.5. The van der Waals surface area contributed by atoms with Gasteiger partial charge in [0.2, 0.25) is 5.90 Å². The van der Waals surface area contributed by atoms with Gasteiger partial charge in [0.1, 0.15) is 5.70 Å². The van der Waals surface area contributed by atoms with E-state index in [9.17, 15) is 4.79 Å². The summed E-state index contributed by atoms with van der Waals surface area (Å²) in [6, 6.07) is 9.39. The van der Waals surface area contributed by atoms with Crippen molar-refractivity contribution < 1.29 is 9.53 Å². The molecule has 0 unspecified atom stereocenters. The summed E-state index contributed by atoms with van der Waals surface area (Å²) in [6.07, 6.45) is 1.76. The average Bonchev–Trinajstić information content (AvgIpc) is 2.69. The van der Waals surface area contributed by atoms with E-state index in [2.05, 4.69) is 4.99 Å². The van der Waals surface area contributed by atoms with Gasteiger partial charge in [-0.15, -0.1) is 0 Å². The lowest BCUT2D eigenvalue weighted by Gasteiger charge is -2.03. The van der Waals surface area contributed by atoms with Crippen LogP contribution in [0.4, 0.5) is 0 Å². The molecule has 1 aliphatic heterocycles. The second kappa shape index (κ2) is 4.93. The highest BCUT2D eigenvalue weighted by Gasteiger charge is 2.23. The van der Waals surface area contributed by atoms with Crippen LogP contribution in [0.2, 0.25) is 0 Å². The molecule has 4 heteroatoms. The number of esters is 1. The molecule has 0 spiro atoms. The molecule has 0 aromatic heterocycles. The fraction of sp³-hybridized carbons (Fsp3) is 0.231. The third-order valence-electron chi connectivity index (χ3n) is 2.29. The van der Waals surface area contributed by atoms with E-state index in [1.54, 1.807) is 6.08 Å². The summed E-state index contributed by atoms with van der Waals surface area (Å²) in [4.78, 5) is 17.7. The summed E-state index contributed by atoms with van der Waals surface area (Å²) in [5.41, 5.74) is 1.19. The smallest absolute Gasteiger partial charge is 0.363 e. The van der Waals surface area contributed by atoms with Crippen LogP contribution in [0.1, 0.15) is 5.56 Å². The summed E-state index contributed by atoms with van der Waals surface area (Å²) in [5.74, 6) is -0.00805. The molecule has 0 saturated heterocycles. The minimum Gasteiger partial charge on any atom is -0.402 e. The molecule has 0 amide bonds. The number of likely N-dealkylation sites (N-methyl/N-ethyl adjacent to an activating group) is 1. The normalized spacial score (nSPS) is 17.5. The number of benzene rings is 1. The minimum absolute atomic E-state index is 0.373. The Hall–Kier alpha value is -1.94. The number of hydrogen-bond acceptors (Lipinski definition) is 4. The monoisotopic (exact) mass is 230 g/mol. The third-order valence-corrected chi connectivity index (χ3v) is 2.29. The van der Waals surface area contributed by atoms with E-state index in [1.807, 2.05) is 49.3 Å². The molecule has 88 valence electrons. The fourth-order valence-corrected chi connectivity index (χ4v) is 1.42. The first-order chi connectivity index (χ1) is 8.16. The first-order valence-corrected chi connectivity index (χ1v) is 5.38. The van der Waals surface area contributed by atoms with Gasteiger partial charge in [-0.3, -0.25) is 0 Å². The van der Waals surface area contributed by atoms with Gasteiger partial charge in [-0.1, -0.05) is 18.2 Å². The number of nitrogens with zero attached hydrogens (tertiary/aromatic N) is 2. The molecule has 17 heavy (non-hydrogen) atoms. The van der Waals surface area contributed by atoms with E-state index < -0.39 is 0 Å². The Bertz CT molecular complexity index is 475. The van der Waals surface area contributed by atoms with Crippen molar-refractivity contribution in [3.63, 3.8) is 0 Å². The van der Waals surface area contributed by atoms with Gasteiger partial charge in [0, 0.05) is 12.1 Å². The summed E-state index contributed by atoms with van der Waals surface area (Å²) in [7, 11) is 3.86. The van der Waals surface area contributed by atoms with Gasteiger partial charge < -0.3 is 9.64 Å². The van der Waals surface area contributed by atoms with Crippen LogP contribution in [0.25, 0.3) is 0 Å². The lowest BCUT2D eigenvalue weighted by Crippen LogP contribution is -2.12. The second-order valence-corrected chi connectivity index (χ2v) is 4.02. The van der Waals surface area contributed by atoms with Crippen LogP contribution in [-0.2, 0) is 9.53 Å². The predicted octanol–water partition coefficient (Wildman–Crippen LogP) is 1.44. The van der Waals surface area contributed by atoms with Crippen molar-refractivity contribution in [2.75, 3.05) is 20.6 Å². The number of cyclic esters (lactones) is 1. The van der Waals surface area contributed by atoms with Crippen molar-refractivity contribution in [2.24, 2.45) is 4.99 Å². The Kier molecular flexibility index (Phi) is 3.35. The maximum absolute atomic E-state index is 11.5. The van der Waals surface area contributed by atoms with Crippen LogP contribution in [0.15, 0.2) is 47.1 Å². The Morgan fingerprint density at radius 3 is 2.65 bits per heavy atom. The lowest BCUT2D eigenvalue weighted by atomic mass is 10.2. The molecular formula is C13H14N2O2. The van der Waals surface area contributed by atoms with Crippen LogP contribution in [0, 0.1) is 0 Å². The summed E-state index contributed by atoms with van der Waals surface area (Å²) >= 11 is 0. The molecule has 1 aromatic carbocycles. The highest BCUT2D eigenvalue weighted by atomic mass is 16.6. The summed E-state index contributed by atoms with van der Waals surface area (Å²) in [5, 5.41) is 0. The predicted molar refractivity (Wildman–Crippen MR) is 65.7 cm³/mol. The van der Waals surface area contributed by atoms with Gasteiger partial charge in [-0.05, 0) is 32.3 Å². The van der Waals surface area contributed by atoms with Crippen LogP contribution in [-0.4, -0.2) is 37.4 Å². The molecule has 0 bridgehead atoms. The Labute approximate surface area is 100 Å². The van der Waals surface area contributed by atoms with Crippen molar-refractivity contribution >= 4 is 11.9 Å². The van der Waals surface area contributed by atoms with E-state index >= 15 is 0 Å². The maximum Gasteiger partial charge on any atom is 0.363 e. The first-order valence-electron chi connectivity index (χ1n) is 5.38. The molecule has 0 N–H and O–H groups in total. The zero-order chi connectivity index (χ0) is 12.3. The van der Waals surface area contributed by atoms with Crippen molar-refractivity contribution in [1.29, 1.82) is 0 Å². The van der Waals surface area contributed by atoms with Gasteiger partial charge in [0.05, 0.1) is 0 Å². The van der Waals surface area contributed by atoms with Crippen LogP contribution in [0.5, 0.6) is 0 Å². The molecule has 1 aromatic rings. The van der Waals surface area contributed by atoms with Crippen molar-refractivity contribution in [1.82, 2.24) is 4.90 Å². The number of carbonyl (C=O) groups is 1. The maximum atomic E-state index is 11.5. The highest BCUT2D eigenvalue weighted by molar-refractivity contribution is 6.11. The van der Waals surface area contributed by atoms with Crippen LogP contribution in [0.3, 0.4) is 0 Å².